The summed E-state index contributed by atoms with van der Waals surface area (Å²) in [6.07, 6.45) is 44.2. The van der Waals surface area contributed by atoms with Gasteiger partial charge in [0, 0.05) is 12.8 Å². The molecule has 0 spiro atoms. The molecule has 0 N–H and O–H groups in total. The molecule has 2 aliphatic carbocycles. The minimum atomic E-state index is 0.483. The molecular weight excluding hydrogens is 797 g/mol. The highest BCUT2D eigenvalue weighted by Crippen LogP contribution is 2.40. The second-order valence-electron chi connectivity index (χ2n) is 21.6. The van der Waals surface area contributed by atoms with E-state index in [1.165, 1.54) is 213 Å². The van der Waals surface area contributed by atoms with Gasteiger partial charge in [-0.1, -0.05) is 226 Å². The molecular formula is C65H94O. The maximum absolute atomic E-state index is 12.6. The summed E-state index contributed by atoms with van der Waals surface area (Å²) in [4.78, 5) is 12.6. The lowest BCUT2D eigenvalue weighted by atomic mass is 9.77. The minimum absolute atomic E-state index is 0.483. The standard InChI is InChI=1S/C65H94O/c1-3-5-7-11-17-23-53-29-37-57(38-30-53)61-45-49-63(50-46-61)59-41-33-55(34-42-59)25-19-13-9-15-21-27-65(66)28-22-16-10-14-20-26-56-35-43-60(44-36-56)64-51-47-62(48-52-64)58-39-31-54(32-40-58)24-18-12-8-6-4-2/h33-36,41-54,57-58H,3-32,37-40H2,1-2H3/t53-,54?,57-,58?. The summed E-state index contributed by atoms with van der Waals surface area (Å²) < 4.78 is 0. The molecule has 4 aromatic carbocycles. The average Bonchev–Trinajstić information content (AvgIpc) is 3.36. The van der Waals surface area contributed by atoms with Gasteiger partial charge in [0.2, 0.25) is 0 Å². The van der Waals surface area contributed by atoms with Crippen molar-refractivity contribution in [3.63, 3.8) is 0 Å². The molecule has 0 unspecified atom stereocenters. The first-order chi connectivity index (χ1) is 32.6. The summed E-state index contributed by atoms with van der Waals surface area (Å²) in [5.74, 6) is 3.95. The number of rotatable bonds is 32. The molecule has 0 aliphatic heterocycles. The average molecular weight is 891 g/mol. The van der Waals surface area contributed by atoms with Gasteiger partial charge in [-0.25, -0.2) is 0 Å². The number of hydrogen-bond acceptors (Lipinski definition) is 1. The van der Waals surface area contributed by atoms with E-state index in [2.05, 4.69) is 111 Å². The predicted octanol–water partition coefficient (Wildman–Crippen LogP) is 20.3. The molecule has 6 rings (SSSR count). The van der Waals surface area contributed by atoms with Gasteiger partial charge in [0.1, 0.15) is 5.78 Å². The van der Waals surface area contributed by atoms with E-state index in [4.69, 9.17) is 0 Å². The maximum Gasteiger partial charge on any atom is 0.132 e. The normalized spacial score (nSPS) is 18.7. The zero-order chi connectivity index (χ0) is 45.9. The summed E-state index contributed by atoms with van der Waals surface area (Å²) in [5.41, 5.74) is 11.4. The van der Waals surface area contributed by atoms with Gasteiger partial charge < -0.3 is 0 Å². The third-order valence-corrected chi connectivity index (χ3v) is 16.3. The number of ketones is 1. The third kappa shape index (κ3) is 18.9. The molecule has 0 saturated heterocycles. The molecule has 0 aromatic heterocycles. The summed E-state index contributed by atoms with van der Waals surface area (Å²) in [5, 5.41) is 0. The van der Waals surface area contributed by atoms with E-state index < -0.39 is 0 Å². The van der Waals surface area contributed by atoms with Crippen LogP contribution in [0, 0.1) is 11.8 Å². The molecule has 2 aliphatic rings. The Balaban J connectivity index is 0.732. The predicted molar refractivity (Wildman–Crippen MR) is 288 cm³/mol. The van der Waals surface area contributed by atoms with Gasteiger partial charge in [0.15, 0.2) is 0 Å². The van der Waals surface area contributed by atoms with Crippen molar-refractivity contribution < 1.29 is 4.79 Å². The third-order valence-electron chi connectivity index (χ3n) is 16.3. The lowest BCUT2D eigenvalue weighted by Gasteiger charge is -2.29. The molecule has 66 heavy (non-hydrogen) atoms. The molecule has 2 saturated carbocycles. The van der Waals surface area contributed by atoms with Crippen LogP contribution in [0.25, 0.3) is 22.3 Å². The Morgan fingerprint density at radius 2 is 0.652 bits per heavy atom. The van der Waals surface area contributed by atoms with E-state index in [0.29, 0.717) is 5.78 Å². The van der Waals surface area contributed by atoms with Crippen LogP contribution in [0.2, 0.25) is 0 Å². The second kappa shape index (κ2) is 30.8. The highest BCUT2D eigenvalue weighted by molar-refractivity contribution is 5.78. The van der Waals surface area contributed by atoms with Crippen molar-refractivity contribution in [2.75, 3.05) is 0 Å². The molecule has 0 amide bonds. The summed E-state index contributed by atoms with van der Waals surface area (Å²) in [6.45, 7) is 4.62. The van der Waals surface area contributed by atoms with E-state index in [0.717, 1.165) is 62.2 Å². The molecule has 1 nitrogen and oxygen atoms in total. The van der Waals surface area contributed by atoms with Gasteiger partial charge in [-0.15, -0.1) is 0 Å². The van der Waals surface area contributed by atoms with Crippen LogP contribution in [-0.4, -0.2) is 5.78 Å². The SMILES string of the molecule is CCCCCCCC1CCC(c2ccc(-c3ccc(CCCCCCCC(=O)CCCCCCCc4ccc(-c5ccc([C@H]6CC[C@H](CCCCCCC)CC6)cc5)cc4)cc3)cc2)CC1. The Hall–Kier alpha value is -3.45. The van der Waals surface area contributed by atoms with Crippen molar-refractivity contribution in [2.24, 2.45) is 11.8 Å². The monoisotopic (exact) mass is 891 g/mol. The maximum atomic E-state index is 12.6. The molecule has 1 heteroatoms. The Morgan fingerprint density at radius 3 is 1.02 bits per heavy atom. The zero-order valence-corrected chi connectivity index (χ0v) is 42.5. The Labute approximate surface area is 406 Å². The van der Waals surface area contributed by atoms with Crippen LogP contribution < -0.4 is 0 Å². The fraction of sp³-hybridized carbons (Fsp3) is 0.615. The number of aryl methyl sites for hydroxylation is 2. The Kier molecular flexibility index (Phi) is 24.3. The fourth-order valence-corrected chi connectivity index (χ4v) is 11.8. The van der Waals surface area contributed by atoms with E-state index in [1.54, 1.807) is 11.1 Å². The lowest BCUT2D eigenvalue weighted by Crippen LogP contribution is -2.13. The number of unbranched alkanes of at least 4 members (excludes halogenated alkanes) is 16. The van der Waals surface area contributed by atoms with Gasteiger partial charge in [0.25, 0.3) is 0 Å². The largest absolute Gasteiger partial charge is 0.300 e. The smallest absolute Gasteiger partial charge is 0.132 e. The molecule has 4 aromatic rings. The van der Waals surface area contributed by atoms with Gasteiger partial charge in [-0.3, -0.25) is 4.79 Å². The summed E-state index contributed by atoms with van der Waals surface area (Å²) in [7, 11) is 0. The van der Waals surface area contributed by atoms with Crippen LogP contribution in [0.15, 0.2) is 97.1 Å². The molecule has 360 valence electrons. The van der Waals surface area contributed by atoms with E-state index in [9.17, 15) is 4.79 Å². The van der Waals surface area contributed by atoms with Crippen LogP contribution in [0.4, 0.5) is 0 Å². The first kappa shape index (κ1) is 51.9. The first-order valence-electron chi connectivity index (χ1n) is 28.5. The quantitative estimate of drug-likeness (QED) is 0.0447. The van der Waals surface area contributed by atoms with Crippen molar-refractivity contribution in [1.29, 1.82) is 0 Å². The summed E-state index contributed by atoms with van der Waals surface area (Å²) >= 11 is 0. The molecule has 0 radical (unpaired) electrons. The van der Waals surface area contributed by atoms with Gasteiger partial charge in [-0.2, -0.15) is 0 Å². The lowest BCUT2D eigenvalue weighted by molar-refractivity contribution is -0.119. The molecule has 0 atom stereocenters. The van der Waals surface area contributed by atoms with Crippen molar-refractivity contribution in [3.05, 3.63) is 119 Å². The van der Waals surface area contributed by atoms with Crippen molar-refractivity contribution in [2.45, 2.75) is 244 Å². The van der Waals surface area contributed by atoms with Crippen LogP contribution in [0.1, 0.15) is 253 Å². The van der Waals surface area contributed by atoms with Crippen molar-refractivity contribution in [3.8, 4) is 22.3 Å². The number of hydrogen-bond donors (Lipinski definition) is 0. The highest BCUT2D eigenvalue weighted by atomic mass is 16.1. The minimum Gasteiger partial charge on any atom is -0.300 e. The second-order valence-corrected chi connectivity index (χ2v) is 21.6. The van der Waals surface area contributed by atoms with Gasteiger partial charge in [-0.05, 0) is 158 Å². The number of carbonyl (C=O) groups excluding carboxylic acids is 1. The Morgan fingerprint density at radius 1 is 0.348 bits per heavy atom. The zero-order valence-electron chi connectivity index (χ0n) is 42.5. The topological polar surface area (TPSA) is 17.1 Å². The van der Waals surface area contributed by atoms with Crippen molar-refractivity contribution >= 4 is 5.78 Å². The molecule has 0 bridgehead atoms. The van der Waals surface area contributed by atoms with Crippen LogP contribution >= 0.6 is 0 Å². The van der Waals surface area contributed by atoms with E-state index in [1.807, 2.05) is 0 Å². The van der Waals surface area contributed by atoms with Gasteiger partial charge in [0.05, 0.1) is 0 Å². The van der Waals surface area contributed by atoms with Crippen LogP contribution in [-0.2, 0) is 17.6 Å². The number of carbonyl (C=O) groups is 1. The Bertz CT molecular complexity index is 1700. The van der Waals surface area contributed by atoms with Crippen LogP contribution in [0.5, 0.6) is 0 Å². The number of benzene rings is 4. The van der Waals surface area contributed by atoms with Gasteiger partial charge >= 0.3 is 0 Å². The van der Waals surface area contributed by atoms with E-state index in [-0.39, 0.29) is 0 Å². The summed E-state index contributed by atoms with van der Waals surface area (Å²) in [6, 6.07) is 37.7. The molecule has 0 heterocycles. The van der Waals surface area contributed by atoms with Crippen LogP contribution in [0.3, 0.4) is 0 Å². The molecule has 2 fully saturated rings. The van der Waals surface area contributed by atoms with E-state index >= 15 is 0 Å². The number of Topliss-reactive ketones (excluding diaryl/α,β-unsaturated/α-hetero) is 1. The van der Waals surface area contributed by atoms with Crippen molar-refractivity contribution in [1.82, 2.24) is 0 Å². The fourth-order valence-electron chi connectivity index (χ4n) is 11.8. The first-order valence-corrected chi connectivity index (χ1v) is 28.5. The highest BCUT2D eigenvalue weighted by Gasteiger charge is 2.23.